The van der Waals surface area contributed by atoms with Gasteiger partial charge in [0.25, 0.3) is 0 Å². The van der Waals surface area contributed by atoms with Crippen LogP contribution in [0.3, 0.4) is 0 Å². The molecule has 0 N–H and O–H groups in total. The van der Waals surface area contributed by atoms with Crippen LogP contribution >= 0.6 is 0 Å². The van der Waals surface area contributed by atoms with Crippen molar-refractivity contribution in [1.29, 1.82) is 0 Å². The molecule has 0 aromatic carbocycles. The van der Waals surface area contributed by atoms with Crippen molar-refractivity contribution in [3.05, 3.63) is 11.9 Å². The maximum atomic E-state index is 11.8. The van der Waals surface area contributed by atoms with E-state index in [1.165, 1.54) is 0 Å². The fourth-order valence-corrected chi connectivity index (χ4v) is 2.31. The summed E-state index contributed by atoms with van der Waals surface area (Å²) in [6.45, 7) is 11.5. The third-order valence-corrected chi connectivity index (χ3v) is 3.94. The molecule has 0 saturated carbocycles. The minimum atomic E-state index is -0.250. The average molecular weight is 377 g/mol. The average Bonchev–Trinajstić information content (AvgIpc) is 3.07. The van der Waals surface area contributed by atoms with Crippen LogP contribution in [0, 0.1) is 29.6 Å². The van der Waals surface area contributed by atoms with Gasteiger partial charge in [-0.05, 0) is 19.3 Å². The first-order valence-corrected chi connectivity index (χ1v) is 9.38. The van der Waals surface area contributed by atoms with Crippen LogP contribution in [0.2, 0.25) is 0 Å². The Labute approximate surface area is 161 Å². The van der Waals surface area contributed by atoms with Crippen molar-refractivity contribution in [3.63, 3.8) is 0 Å². The predicted octanol–water partition coefficient (Wildman–Crippen LogP) is 2.81. The van der Waals surface area contributed by atoms with E-state index >= 15 is 0 Å². The fourth-order valence-electron chi connectivity index (χ4n) is 2.31. The minimum Gasteiger partial charge on any atom is -0.465 e. The molecule has 0 amide bonds. The van der Waals surface area contributed by atoms with Crippen molar-refractivity contribution < 1.29 is 19.1 Å². The van der Waals surface area contributed by atoms with Gasteiger partial charge < -0.3 is 9.47 Å². The van der Waals surface area contributed by atoms with E-state index in [0.717, 1.165) is 5.69 Å². The molecule has 1 aromatic rings. The molecule has 150 valence electrons. The summed E-state index contributed by atoms with van der Waals surface area (Å²) in [5.41, 5.74) is 0.895. The van der Waals surface area contributed by atoms with E-state index in [9.17, 15) is 9.59 Å². The zero-order valence-corrected chi connectivity index (χ0v) is 17.2. The molecular formula is C20H31N3O4. The largest absolute Gasteiger partial charge is 0.465 e. The molecule has 0 saturated heterocycles. The van der Waals surface area contributed by atoms with Gasteiger partial charge in [-0.3, -0.25) is 9.59 Å². The highest BCUT2D eigenvalue weighted by Gasteiger charge is 2.20. The van der Waals surface area contributed by atoms with Gasteiger partial charge in [-0.25, -0.2) is 4.68 Å². The molecule has 7 heteroatoms. The molecule has 7 nitrogen and oxygen atoms in total. The highest BCUT2D eigenvalue weighted by atomic mass is 16.5. The zero-order chi connectivity index (χ0) is 20.4. The third kappa shape index (κ3) is 7.81. The number of esters is 2. The van der Waals surface area contributed by atoms with Crippen LogP contribution < -0.4 is 0 Å². The topological polar surface area (TPSA) is 83.3 Å². The van der Waals surface area contributed by atoms with Crippen molar-refractivity contribution in [2.45, 2.75) is 60.4 Å². The van der Waals surface area contributed by atoms with Crippen molar-refractivity contribution in [2.75, 3.05) is 13.2 Å². The van der Waals surface area contributed by atoms with E-state index in [0.29, 0.717) is 19.4 Å². The fraction of sp³-hybridized carbons (Fsp3) is 0.700. The van der Waals surface area contributed by atoms with Crippen LogP contribution in [-0.4, -0.2) is 40.1 Å². The number of carbonyl (C=O) groups is 2. The Kier molecular flexibility index (Phi) is 9.55. The Balaban J connectivity index is 2.78. The molecule has 1 rings (SSSR count). The monoisotopic (exact) mass is 377 g/mol. The molecule has 0 fully saturated rings. The highest BCUT2D eigenvalue weighted by Crippen LogP contribution is 2.17. The number of hydrogen-bond acceptors (Lipinski definition) is 6. The van der Waals surface area contributed by atoms with Gasteiger partial charge in [0.05, 0.1) is 36.4 Å². The molecule has 0 bridgehead atoms. The first-order chi connectivity index (χ1) is 12.8. The number of nitrogens with zero attached hydrogens (tertiary/aromatic N) is 3. The van der Waals surface area contributed by atoms with Crippen molar-refractivity contribution in [1.82, 2.24) is 15.0 Å². The van der Waals surface area contributed by atoms with Crippen LogP contribution in [0.1, 0.15) is 59.7 Å². The SMILES string of the molecule is CC#CC[C@@H](COC(=O)C(C)C)n1nncc1C[C@@H](C)COC(=O)C(C)C. The summed E-state index contributed by atoms with van der Waals surface area (Å²) in [7, 11) is 0. The van der Waals surface area contributed by atoms with Crippen LogP contribution in [0.4, 0.5) is 0 Å². The second-order valence-electron chi connectivity index (χ2n) is 7.33. The number of ether oxygens (including phenoxy) is 2. The molecule has 0 aliphatic carbocycles. The number of hydrogen-bond donors (Lipinski definition) is 0. The van der Waals surface area contributed by atoms with E-state index in [1.807, 2.05) is 20.8 Å². The Hall–Kier alpha value is -2.36. The standard InChI is InChI=1S/C20H31N3O4/c1-7-8-9-17(13-27-20(25)15(4)5)23-18(11-21-22-23)10-16(6)12-26-19(24)14(2)3/h11,14-17H,9-10,12-13H2,1-6H3/t16-,17+/m1/s1. The molecule has 1 heterocycles. The predicted molar refractivity (Wildman–Crippen MR) is 102 cm³/mol. The molecule has 1 aromatic heterocycles. The maximum absolute atomic E-state index is 11.8. The lowest BCUT2D eigenvalue weighted by Crippen LogP contribution is -2.24. The van der Waals surface area contributed by atoms with Gasteiger partial charge in [0.2, 0.25) is 0 Å². The molecule has 0 unspecified atom stereocenters. The van der Waals surface area contributed by atoms with Gasteiger partial charge in [0, 0.05) is 6.42 Å². The summed E-state index contributed by atoms with van der Waals surface area (Å²) < 4.78 is 12.5. The van der Waals surface area contributed by atoms with Crippen LogP contribution in [0.15, 0.2) is 6.20 Å². The first kappa shape index (κ1) is 22.7. The third-order valence-electron chi connectivity index (χ3n) is 3.94. The zero-order valence-electron chi connectivity index (χ0n) is 17.2. The van der Waals surface area contributed by atoms with Crippen LogP contribution in [-0.2, 0) is 25.5 Å². The molecular weight excluding hydrogens is 346 g/mol. The Morgan fingerprint density at radius 1 is 1.07 bits per heavy atom. The number of carbonyl (C=O) groups excluding carboxylic acids is 2. The minimum absolute atomic E-state index is 0.112. The molecule has 2 atom stereocenters. The molecule has 0 aliphatic heterocycles. The van der Waals surface area contributed by atoms with Gasteiger partial charge in [-0.1, -0.05) is 39.8 Å². The first-order valence-electron chi connectivity index (χ1n) is 9.38. The van der Waals surface area contributed by atoms with E-state index < -0.39 is 0 Å². The van der Waals surface area contributed by atoms with Gasteiger partial charge in [0.15, 0.2) is 0 Å². The summed E-state index contributed by atoms with van der Waals surface area (Å²) >= 11 is 0. The smallest absolute Gasteiger partial charge is 0.308 e. The summed E-state index contributed by atoms with van der Waals surface area (Å²) in [6, 6.07) is -0.205. The molecule has 27 heavy (non-hydrogen) atoms. The second kappa shape index (κ2) is 11.4. The van der Waals surface area contributed by atoms with Gasteiger partial charge in [-0.2, -0.15) is 0 Å². The Morgan fingerprint density at radius 3 is 2.22 bits per heavy atom. The summed E-state index contributed by atoms with van der Waals surface area (Å²) in [5, 5.41) is 8.17. The van der Waals surface area contributed by atoms with Gasteiger partial charge >= 0.3 is 11.9 Å². The van der Waals surface area contributed by atoms with Crippen molar-refractivity contribution >= 4 is 11.9 Å². The summed E-state index contributed by atoms with van der Waals surface area (Å²) in [6.07, 6.45) is 2.85. The normalized spacial score (nSPS) is 13.0. The van der Waals surface area contributed by atoms with E-state index in [1.54, 1.807) is 31.6 Å². The highest BCUT2D eigenvalue weighted by molar-refractivity contribution is 5.71. The maximum Gasteiger partial charge on any atom is 0.308 e. The molecule has 0 spiro atoms. The van der Waals surface area contributed by atoms with E-state index in [2.05, 4.69) is 22.2 Å². The lowest BCUT2D eigenvalue weighted by molar-refractivity contribution is -0.149. The number of aromatic nitrogens is 3. The van der Waals surface area contributed by atoms with Crippen molar-refractivity contribution in [2.24, 2.45) is 17.8 Å². The lowest BCUT2D eigenvalue weighted by Gasteiger charge is -2.19. The summed E-state index contributed by atoms with van der Waals surface area (Å²) in [4.78, 5) is 23.4. The lowest BCUT2D eigenvalue weighted by atomic mass is 10.1. The van der Waals surface area contributed by atoms with Crippen molar-refractivity contribution in [3.8, 4) is 11.8 Å². The van der Waals surface area contributed by atoms with E-state index in [-0.39, 0.29) is 42.3 Å². The summed E-state index contributed by atoms with van der Waals surface area (Å²) in [5.74, 6) is 5.22. The van der Waals surface area contributed by atoms with Crippen LogP contribution in [0.5, 0.6) is 0 Å². The molecule has 0 radical (unpaired) electrons. The van der Waals surface area contributed by atoms with Crippen LogP contribution in [0.25, 0.3) is 0 Å². The Morgan fingerprint density at radius 2 is 1.67 bits per heavy atom. The Bertz CT molecular complexity index is 670. The number of rotatable bonds is 10. The molecule has 0 aliphatic rings. The quantitative estimate of drug-likeness (QED) is 0.460. The second-order valence-corrected chi connectivity index (χ2v) is 7.33. The van der Waals surface area contributed by atoms with Gasteiger partial charge in [-0.15, -0.1) is 16.9 Å². The van der Waals surface area contributed by atoms with E-state index in [4.69, 9.17) is 9.47 Å². The van der Waals surface area contributed by atoms with Gasteiger partial charge in [0.1, 0.15) is 6.61 Å².